The van der Waals surface area contributed by atoms with Gasteiger partial charge < -0.3 is 9.47 Å². The maximum atomic E-state index is 6.46. The smallest absolute Gasteiger partial charge is 0.127 e. The van der Waals surface area contributed by atoms with Crippen molar-refractivity contribution in [3.63, 3.8) is 0 Å². The highest BCUT2D eigenvalue weighted by Crippen LogP contribution is 2.45. The summed E-state index contributed by atoms with van der Waals surface area (Å²) in [6.07, 6.45) is 3.12. The molecule has 0 saturated heterocycles. The van der Waals surface area contributed by atoms with Crippen LogP contribution >= 0.6 is 11.3 Å². The highest BCUT2D eigenvalue weighted by molar-refractivity contribution is 7.25. The summed E-state index contributed by atoms with van der Waals surface area (Å²) in [6.45, 7) is 21.8. The minimum atomic E-state index is 0.0371. The monoisotopic (exact) mass is 528 g/mol. The van der Waals surface area contributed by atoms with Crippen LogP contribution < -0.4 is 9.47 Å². The van der Waals surface area contributed by atoms with E-state index in [-0.39, 0.29) is 5.41 Å². The summed E-state index contributed by atoms with van der Waals surface area (Å²) >= 11 is 1.85. The zero-order chi connectivity index (χ0) is 27.4. The Hall–Kier alpha value is -2.78. The van der Waals surface area contributed by atoms with Gasteiger partial charge in [-0.05, 0) is 71.9 Å². The molecular formula is C35H44O2S. The molecule has 0 atom stereocenters. The van der Waals surface area contributed by atoms with Crippen molar-refractivity contribution in [2.75, 3.05) is 13.2 Å². The third kappa shape index (κ3) is 6.26. The van der Waals surface area contributed by atoms with Crippen molar-refractivity contribution in [3.8, 4) is 11.5 Å². The molecule has 4 aromatic rings. The number of rotatable bonds is 12. The van der Waals surface area contributed by atoms with Crippen LogP contribution in [0, 0.1) is 11.8 Å². The Morgan fingerprint density at radius 1 is 0.816 bits per heavy atom. The standard InChI is InChI=1S/C35H44O2S/c1-9-35(7,8)30-22-34-29(20-32(30)37-18-16-24(4)5)28-19-31(36-17-15-23(2)3)27(21-33(28)38-34)25(6)26-13-11-10-12-14-26/h10-14,19-24H,6,9,15-18H2,1-5,7-8H3. The molecule has 0 radical (unpaired) electrons. The summed E-state index contributed by atoms with van der Waals surface area (Å²) in [7, 11) is 0. The van der Waals surface area contributed by atoms with E-state index in [1.807, 2.05) is 17.4 Å². The fraction of sp³-hybridized carbons (Fsp3) is 0.429. The first kappa shape index (κ1) is 28.2. The second-order valence-electron chi connectivity index (χ2n) is 11.9. The summed E-state index contributed by atoms with van der Waals surface area (Å²) in [6, 6.07) is 19.6. The van der Waals surface area contributed by atoms with Crippen molar-refractivity contribution in [1.82, 2.24) is 0 Å². The number of ether oxygens (including phenoxy) is 2. The molecule has 0 aliphatic heterocycles. The van der Waals surface area contributed by atoms with Crippen molar-refractivity contribution in [2.45, 2.75) is 73.1 Å². The van der Waals surface area contributed by atoms with Gasteiger partial charge >= 0.3 is 0 Å². The average molecular weight is 529 g/mol. The minimum absolute atomic E-state index is 0.0371. The van der Waals surface area contributed by atoms with Crippen molar-refractivity contribution >= 4 is 37.1 Å². The van der Waals surface area contributed by atoms with Gasteiger partial charge in [0.05, 0.1) is 13.2 Å². The number of thiophene rings is 1. The summed E-state index contributed by atoms with van der Waals surface area (Å²) in [5, 5.41) is 2.47. The van der Waals surface area contributed by atoms with E-state index >= 15 is 0 Å². The van der Waals surface area contributed by atoms with Crippen LogP contribution in [0.4, 0.5) is 0 Å². The molecule has 0 spiro atoms. The highest BCUT2D eigenvalue weighted by Gasteiger charge is 2.25. The number of fused-ring (bicyclic) bond motifs is 3. The topological polar surface area (TPSA) is 18.5 Å². The van der Waals surface area contributed by atoms with E-state index in [2.05, 4.69) is 104 Å². The zero-order valence-electron chi connectivity index (χ0n) is 24.3. The molecule has 38 heavy (non-hydrogen) atoms. The molecular weight excluding hydrogens is 484 g/mol. The lowest BCUT2D eigenvalue weighted by molar-refractivity contribution is 0.281. The van der Waals surface area contributed by atoms with Crippen LogP contribution in [0.2, 0.25) is 0 Å². The van der Waals surface area contributed by atoms with E-state index in [0.717, 1.165) is 54.1 Å². The Kier molecular flexibility index (Phi) is 8.88. The molecule has 3 heteroatoms. The predicted molar refractivity (Wildman–Crippen MR) is 167 cm³/mol. The first-order chi connectivity index (χ1) is 18.1. The van der Waals surface area contributed by atoms with Crippen LogP contribution in [0.15, 0.2) is 61.2 Å². The van der Waals surface area contributed by atoms with Crippen LogP contribution in [-0.2, 0) is 5.41 Å². The lowest BCUT2D eigenvalue weighted by atomic mass is 9.81. The first-order valence-electron chi connectivity index (χ1n) is 14.2. The molecule has 0 unspecified atom stereocenters. The quantitative estimate of drug-likeness (QED) is 0.182. The summed E-state index contributed by atoms with van der Waals surface area (Å²) in [5.41, 5.74) is 4.52. The molecule has 0 aliphatic carbocycles. The second-order valence-corrected chi connectivity index (χ2v) is 13.0. The second kappa shape index (κ2) is 11.9. The molecule has 4 rings (SSSR count). The Morgan fingerprint density at radius 2 is 1.37 bits per heavy atom. The number of hydrogen-bond acceptors (Lipinski definition) is 3. The third-order valence-corrected chi connectivity index (χ3v) is 8.75. The summed E-state index contributed by atoms with van der Waals surface area (Å²) < 4.78 is 15.5. The van der Waals surface area contributed by atoms with Crippen molar-refractivity contribution in [2.24, 2.45) is 11.8 Å². The van der Waals surface area contributed by atoms with Crippen molar-refractivity contribution < 1.29 is 9.47 Å². The third-order valence-electron chi connectivity index (χ3n) is 7.64. The molecule has 0 bridgehead atoms. The highest BCUT2D eigenvalue weighted by atomic mass is 32.1. The van der Waals surface area contributed by atoms with E-state index < -0.39 is 0 Å². The average Bonchev–Trinajstić information content (AvgIpc) is 3.24. The molecule has 2 nitrogen and oxygen atoms in total. The molecule has 0 saturated carbocycles. The van der Waals surface area contributed by atoms with E-state index in [0.29, 0.717) is 18.4 Å². The Balaban J connectivity index is 1.87. The predicted octanol–water partition coefficient (Wildman–Crippen LogP) is 10.7. The molecule has 3 aromatic carbocycles. The number of benzene rings is 3. The van der Waals surface area contributed by atoms with Gasteiger partial charge in [0.1, 0.15) is 11.5 Å². The molecule has 0 fully saturated rings. The van der Waals surface area contributed by atoms with Gasteiger partial charge in [-0.15, -0.1) is 11.3 Å². The van der Waals surface area contributed by atoms with Gasteiger partial charge in [0, 0.05) is 31.3 Å². The van der Waals surface area contributed by atoms with Crippen molar-refractivity contribution in [1.29, 1.82) is 0 Å². The molecule has 202 valence electrons. The fourth-order valence-corrected chi connectivity index (χ4v) is 5.77. The van der Waals surface area contributed by atoms with Gasteiger partial charge in [-0.1, -0.05) is 85.4 Å². The van der Waals surface area contributed by atoms with Crippen molar-refractivity contribution in [3.05, 3.63) is 77.9 Å². The molecule has 0 N–H and O–H groups in total. The minimum Gasteiger partial charge on any atom is -0.493 e. The molecule has 0 aliphatic rings. The van der Waals surface area contributed by atoms with Gasteiger partial charge in [0.15, 0.2) is 0 Å². The maximum absolute atomic E-state index is 6.46. The van der Waals surface area contributed by atoms with E-state index in [1.165, 1.54) is 25.7 Å². The Morgan fingerprint density at radius 3 is 1.95 bits per heavy atom. The largest absolute Gasteiger partial charge is 0.493 e. The van der Waals surface area contributed by atoms with E-state index in [1.54, 1.807) is 0 Å². The van der Waals surface area contributed by atoms with Gasteiger partial charge in [-0.3, -0.25) is 0 Å². The fourth-order valence-electron chi connectivity index (χ4n) is 4.63. The van der Waals surface area contributed by atoms with Crippen LogP contribution in [0.1, 0.15) is 84.4 Å². The Bertz CT molecular complexity index is 1390. The van der Waals surface area contributed by atoms with E-state index in [9.17, 15) is 0 Å². The lowest BCUT2D eigenvalue weighted by Crippen LogP contribution is -2.17. The molecule has 1 aromatic heterocycles. The number of hydrogen-bond donors (Lipinski definition) is 0. The van der Waals surface area contributed by atoms with Crippen LogP contribution in [0.5, 0.6) is 11.5 Å². The normalized spacial score (nSPS) is 12.1. The summed E-state index contributed by atoms with van der Waals surface area (Å²) in [5.74, 6) is 3.13. The van der Waals surface area contributed by atoms with Gasteiger partial charge in [-0.2, -0.15) is 0 Å². The van der Waals surface area contributed by atoms with Gasteiger partial charge in [0.2, 0.25) is 0 Å². The lowest BCUT2D eigenvalue weighted by Gasteiger charge is -2.26. The zero-order valence-corrected chi connectivity index (χ0v) is 25.1. The SMILES string of the molecule is C=C(c1ccccc1)c1cc2sc3cc(C(C)(C)CC)c(OCCC(C)C)cc3c2cc1OCCC(C)C. The van der Waals surface area contributed by atoms with Crippen LogP contribution in [-0.4, -0.2) is 13.2 Å². The first-order valence-corrected chi connectivity index (χ1v) is 15.0. The van der Waals surface area contributed by atoms with E-state index in [4.69, 9.17) is 9.47 Å². The molecule has 1 heterocycles. The van der Waals surface area contributed by atoms with Gasteiger partial charge in [0.25, 0.3) is 0 Å². The Labute approximate surface area is 233 Å². The summed E-state index contributed by atoms with van der Waals surface area (Å²) in [4.78, 5) is 0. The maximum Gasteiger partial charge on any atom is 0.127 e. The van der Waals surface area contributed by atoms with Crippen LogP contribution in [0.25, 0.3) is 25.7 Å². The molecule has 0 amide bonds. The van der Waals surface area contributed by atoms with Gasteiger partial charge in [-0.25, -0.2) is 0 Å². The van der Waals surface area contributed by atoms with Crippen LogP contribution in [0.3, 0.4) is 0 Å².